The van der Waals surface area contributed by atoms with E-state index in [1.807, 2.05) is 24.5 Å². The van der Waals surface area contributed by atoms with E-state index in [1.165, 1.54) is 11.8 Å². The lowest BCUT2D eigenvalue weighted by atomic mass is 10.2. The Labute approximate surface area is 144 Å². The van der Waals surface area contributed by atoms with Crippen molar-refractivity contribution in [3.8, 4) is 0 Å². The Bertz CT molecular complexity index is 851. The molecule has 23 heavy (non-hydrogen) atoms. The third kappa shape index (κ3) is 3.32. The number of halogens is 1. The molecule has 3 rings (SSSR count). The van der Waals surface area contributed by atoms with Crippen LogP contribution < -0.4 is 5.01 Å². The van der Waals surface area contributed by atoms with Crippen LogP contribution in [0.5, 0.6) is 0 Å². The first-order valence-corrected chi connectivity index (χ1v) is 8.70. The summed E-state index contributed by atoms with van der Waals surface area (Å²) in [6, 6.07) is 12.4. The van der Waals surface area contributed by atoms with Gasteiger partial charge in [-0.2, -0.15) is 0 Å². The van der Waals surface area contributed by atoms with Gasteiger partial charge in [-0.3, -0.25) is 0 Å². The van der Waals surface area contributed by atoms with Crippen LogP contribution in [0.4, 0.5) is 5.69 Å². The summed E-state index contributed by atoms with van der Waals surface area (Å²) < 4.78 is 6.45. The average Bonchev–Trinajstić information content (AvgIpc) is 2.97. The third-order valence-electron chi connectivity index (χ3n) is 3.30. The van der Waals surface area contributed by atoms with Crippen LogP contribution in [0.2, 0.25) is 0 Å². The molecule has 0 radical (unpaired) electrons. The number of para-hydroxylation sites is 1. The molecule has 0 saturated carbocycles. The minimum absolute atomic E-state index is 0.103. The Morgan fingerprint density at radius 3 is 2.70 bits per heavy atom. The SMILES string of the molecule is CSc1nc2c(CN(c3ccc(Br)cc3)[N+](=O)[O-])cccc2o1. The largest absolute Gasteiger partial charge is 0.431 e. The zero-order chi connectivity index (χ0) is 16.4. The molecule has 0 aliphatic carbocycles. The lowest BCUT2D eigenvalue weighted by Gasteiger charge is -2.14. The maximum Gasteiger partial charge on any atom is 0.256 e. The summed E-state index contributed by atoms with van der Waals surface area (Å²) in [5.41, 5.74) is 2.53. The number of nitro groups is 1. The monoisotopic (exact) mass is 393 g/mol. The standard InChI is InChI=1S/C15H12BrN3O3S/c1-23-15-17-14-10(3-2-4-13(14)22-15)9-18(19(20)21)12-7-5-11(16)6-8-12/h2-8H,9H2,1H3. The second kappa shape index (κ2) is 6.59. The molecule has 0 bridgehead atoms. The highest BCUT2D eigenvalue weighted by atomic mass is 79.9. The predicted molar refractivity (Wildman–Crippen MR) is 93.1 cm³/mol. The lowest BCUT2D eigenvalue weighted by molar-refractivity contribution is -0.496. The van der Waals surface area contributed by atoms with Crippen LogP contribution in [0.3, 0.4) is 0 Å². The summed E-state index contributed by atoms with van der Waals surface area (Å²) >= 11 is 4.72. The van der Waals surface area contributed by atoms with Gasteiger partial charge in [0.15, 0.2) is 10.6 Å². The van der Waals surface area contributed by atoms with Crippen LogP contribution in [-0.4, -0.2) is 16.3 Å². The lowest BCUT2D eigenvalue weighted by Crippen LogP contribution is -2.29. The van der Waals surface area contributed by atoms with Crippen molar-refractivity contribution in [3.05, 3.63) is 62.6 Å². The molecule has 3 aromatic rings. The molecule has 2 aromatic carbocycles. The van der Waals surface area contributed by atoms with E-state index in [4.69, 9.17) is 4.42 Å². The molecule has 8 heteroatoms. The van der Waals surface area contributed by atoms with E-state index < -0.39 is 5.03 Å². The van der Waals surface area contributed by atoms with Crippen LogP contribution >= 0.6 is 27.7 Å². The molecule has 0 aliphatic heterocycles. The van der Waals surface area contributed by atoms with E-state index in [9.17, 15) is 10.1 Å². The predicted octanol–water partition coefficient (Wildman–Crippen LogP) is 4.51. The smallest absolute Gasteiger partial charge is 0.256 e. The molecule has 118 valence electrons. The highest BCUT2D eigenvalue weighted by molar-refractivity contribution is 9.10. The maximum atomic E-state index is 11.5. The quantitative estimate of drug-likeness (QED) is 0.360. The Morgan fingerprint density at radius 1 is 1.30 bits per heavy atom. The van der Waals surface area contributed by atoms with Gasteiger partial charge in [-0.15, -0.1) is 0 Å². The van der Waals surface area contributed by atoms with Gasteiger partial charge in [-0.05, 0) is 36.6 Å². The Kier molecular flexibility index (Phi) is 4.53. The van der Waals surface area contributed by atoms with Gasteiger partial charge in [-0.25, -0.2) is 15.1 Å². The summed E-state index contributed by atoms with van der Waals surface area (Å²) in [5.74, 6) is 0. The van der Waals surface area contributed by atoms with Gasteiger partial charge in [0, 0.05) is 10.0 Å². The summed E-state index contributed by atoms with van der Waals surface area (Å²) in [4.78, 5) is 15.8. The normalized spacial score (nSPS) is 10.9. The van der Waals surface area contributed by atoms with E-state index in [2.05, 4.69) is 20.9 Å². The molecule has 0 saturated heterocycles. The number of hydrazine groups is 1. The number of hydrogen-bond acceptors (Lipinski definition) is 5. The molecular formula is C15H12BrN3O3S. The van der Waals surface area contributed by atoms with Crippen LogP contribution in [0.1, 0.15) is 5.56 Å². The molecular weight excluding hydrogens is 382 g/mol. The highest BCUT2D eigenvalue weighted by Gasteiger charge is 2.20. The molecule has 1 aromatic heterocycles. The van der Waals surface area contributed by atoms with Crippen molar-refractivity contribution in [1.29, 1.82) is 0 Å². The molecule has 0 fully saturated rings. The molecule has 0 unspecified atom stereocenters. The van der Waals surface area contributed by atoms with Gasteiger partial charge < -0.3 is 4.42 Å². The van der Waals surface area contributed by atoms with Gasteiger partial charge in [0.1, 0.15) is 17.7 Å². The maximum absolute atomic E-state index is 11.5. The topological polar surface area (TPSA) is 72.4 Å². The summed E-state index contributed by atoms with van der Waals surface area (Å²) in [7, 11) is 0. The van der Waals surface area contributed by atoms with Crippen molar-refractivity contribution in [2.45, 2.75) is 11.8 Å². The van der Waals surface area contributed by atoms with Crippen LogP contribution in [0.15, 0.2) is 56.6 Å². The fourth-order valence-electron chi connectivity index (χ4n) is 2.22. The zero-order valence-corrected chi connectivity index (χ0v) is 14.5. The first-order valence-electron chi connectivity index (χ1n) is 6.68. The van der Waals surface area contributed by atoms with E-state index >= 15 is 0 Å². The molecule has 0 atom stereocenters. The molecule has 0 N–H and O–H groups in total. The molecule has 0 aliphatic rings. The third-order valence-corrected chi connectivity index (χ3v) is 4.35. The molecule has 6 nitrogen and oxygen atoms in total. The van der Waals surface area contributed by atoms with Gasteiger partial charge in [0.25, 0.3) is 5.22 Å². The van der Waals surface area contributed by atoms with Crippen molar-refractivity contribution in [2.24, 2.45) is 0 Å². The zero-order valence-electron chi connectivity index (χ0n) is 12.1. The second-order valence-corrected chi connectivity index (χ2v) is 6.39. The number of benzene rings is 2. The van der Waals surface area contributed by atoms with Crippen molar-refractivity contribution in [2.75, 3.05) is 11.3 Å². The van der Waals surface area contributed by atoms with E-state index in [0.717, 1.165) is 15.0 Å². The average molecular weight is 394 g/mol. The first kappa shape index (κ1) is 15.8. The van der Waals surface area contributed by atoms with Crippen LogP contribution in [-0.2, 0) is 6.54 Å². The van der Waals surface area contributed by atoms with Crippen molar-refractivity contribution < 1.29 is 9.45 Å². The van der Waals surface area contributed by atoms with Gasteiger partial charge in [-0.1, -0.05) is 44.8 Å². The Balaban J connectivity index is 1.99. The summed E-state index contributed by atoms with van der Waals surface area (Å²) in [5, 5.41) is 12.7. The second-order valence-electron chi connectivity index (χ2n) is 4.72. The molecule has 0 amide bonds. The van der Waals surface area contributed by atoms with Crippen molar-refractivity contribution >= 4 is 44.5 Å². The number of thioether (sulfide) groups is 1. The minimum Gasteiger partial charge on any atom is -0.431 e. The minimum atomic E-state index is -0.419. The highest BCUT2D eigenvalue weighted by Crippen LogP contribution is 2.27. The van der Waals surface area contributed by atoms with Crippen LogP contribution in [0.25, 0.3) is 11.1 Å². The fraction of sp³-hybridized carbons (Fsp3) is 0.133. The van der Waals surface area contributed by atoms with E-state index in [0.29, 0.717) is 22.0 Å². The summed E-state index contributed by atoms with van der Waals surface area (Å²) in [6.07, 6.45) is 1.87. The first-order chi connectivity index (χ1) is 11.1. The van der Waals surface area contributed by atoms with E-state index in [1.54, 1.807) is 24.3 Å². The number of rotatable bonds is 5. The number of hydrogen-bond donors (Lipinski definition) is 0. The van der Waals surface area contributed by atoms with Crippen molar-refractivity contribution in [3.63, 3.8) is 0 Å². The van der Waals surface area contributed by atoms with Gasteiger partial charge >= 0.3 is 0 Å². The number of aromatic nitrogens is 1. The summed E-state index contributed by atoms with van der Waals surface area (Å²) in [6.45, 7) is 0.103. The van der Waals surface area contributed by atoms with Crippen molar-refractivity contribution in [1.82, 2.24) is 4.98 Å². The number of nitrogens with zero attached hydrogens (tertiary/aromatic N) is 3. The van der Waals surface area contributed by atoms with Gasteiger partial charge in [0.05, 0.1) is 0 Å². The Morgan fingerprint density at radius 2 is 2.04 bits per heavy atom. The van der Waals surface area contributed by atoms with Gasteiger partial charge in [0.2, 0.25) is 0 Å². The number of oxazole rings is 1. The van der Waals surface area contributed by atoms with Crippen LogP contribution in [0, 0.1) is 10.1 Å². The fourth-order valence-corrected chi connectivity index (χ4v) is 2.84. The number of fused-ring (bicyclic) bond motifs is 1. The molecule has 0 spiro atoms. The van der Waals surface area contributed by atoms with E-state index in [-0.39, 0.29) is 6.54 Å². The molecule has 1 heterocycles. The Hall–Kier alpha value is -2.06. The number of anilines is 1.